The first kappa shape index (κ1) is 15.8. The molecule has 1 N–H and O–H groups in total. The summed E-state index contributed by atoms with van der Waals surface area (Å²) in [5.74, 6) is 0.951. The van der Waals surface area contributed by atoms with E-state index in [-0.39, 0.29) is 11.7 Å². The van der Waals surface area contributed by atoms with Gasteiger partial charge in [-0.05, 0) is 45.9 Å². The van der Waals surface area contributed by atoms with Crippen molar-refractivity contribution >= 4 is 22.4 Å². The first-order valence-corrected chi connectivity index (χ1v) is 8.78. The lowest BCUT2D eigenvalue weighted by Crippen LogP contribution is -2.18. The molecule has 0 saturated carbocycles. The molecule has 7 nitrogen and oxygen atoms in total. The number of nitrogens with zero attached hydrogens (tertiary/aromatic N) is 4. The summed E-state index contributed by atoms with van der Waals surface area (Å²) in [6.45, 7) is 7.83. The number of imidazole rings is 1. The van der Waals surface area contributed by atoms with Crippen LogP contribution >= 0.6 is 11.3 Å². The quantitative estimate of drug-likeness (QED) is 0.605. The van der Waals surface area contributed by atoms with Crippen LogP contribution in [-0.2, 0) is 0 Å². The summed E-state index contributed by atoms with van der Waals surface area (Å²) >= 11 is 1.53. The Kier molecular flexibility index (Phi) is 3.57. The molecule has 0 aliphatic carbocycles. The van der Waals surface area contributed by atoms with Crippen LogP contribution in [-0.4, -0.2) is 24.7 Å². The summed E-state index contributed by atoms with van der Waals surface area (Å²) in [5, 5.41) is 5.04. The molecule has 3 aromatic heterocycles. The molecule has 1 aromatic carbocycles. The number of rotatable bonds is 3. The van der Waals surface area contributed by atoms with Crippen molar-refractivity contribution in [3.8, 4) is 22.2 Å². The molecule has 25 heavy (non-hydrogen) atoms. The van der Waals surface area contributed by atoms with E-state index in [1.165, 1.54) is 11.3 Å². The van der Waals surface area contributed by atoms with Gasteiger partial charge in [0.15, 0.2) is 0 Å². The summed E-state index contributed by atoms with van der Waals surface area (Å²) in [7, 11) is 0. The second kappa shape index (κ2) is 5.66. The van der Waals surface area contributed by atoms with Crippen LogP contribution in [0.15, 0.2) is 27.5 Å². The molecule has 0 aliphatic rings. The number of aromatic nitrogens is 5. The minimum Gasteiger partial charge on any atom is -0.333 e. The molecule has 4 rings (SSSR count). The number of fused-ring (bicyclic) bond motifs is 1. The molecule has 4 aromatic rings. The van der Waals surface area contributed by atoms with Crippen LogP contribution in [0.2, 0.25) is 0 Å². The minimum atomic E-state index is -0.119. The molecular weight excluding hydrogens is 338 g/mol. The Hall–Kier alpha value is -2.74. The first-order valence-electron chi connectivity index (χ1n) is 7.97. The van der Waals surface area contributed by atoms with Crippen molar-refractivity contribution in [3.05, 3.63) is 39.4 Å². The summed E-state index contributed by atoms with van der Waals surface area (Å²) in [6.07, 6.45) is 0. The highest BCUT2D eigenvalue weighted by atomic mass is 32.1. The van der Waals surface area contributed by atoms with Gasteiger partial charge < -0.3 is 9.51 Å². The van der Waals surface area contributed by atoms with E-state index >= 15 is 0 Å². The van der Waals surface area contributed by atoms with E-state index in [1.807, 2.05) is 45.9 Å². The zero-order chi connectivity index (χ0) is 17.7. The van der Waals surface area contributed by atoms with E-state index in [2.05, 4.69) is 20.1 Å². The average molecular weight is 355 g/mol. The average Bonchev–Trinajstić information content (AvgIpc) is 3.22. The van der Waals surface area contributed by atoms with Crippen molar-refractivity contribution in [1.29, 1.82) is 0 Å². The van der Waals surface area contributed by atoms with Crippen molar-refractivity contribution in [2.45, 2.75) is 33.7 Å². The molecule has 0 unspecified atom stereocenters. The maximum absolute atomic E-state index is 12.1. The monoisotopic (exact) mass is 355 g/mol. The van der Waals surface area contributed by atoms with E-state index in [4.69, 9.17) is 4.52 Å². The van der Waals surface area contributed by atoms with Crippen LogP contribution in [0.5, 0.6) is 0 Å². The van der Waals surface area contributed by atoms with Gasteiger partial charge in [-0.3, -0.25) is 4.57 Å². The number of thiazole rings is 1. The number of hydrogen-bond acceptors (Lipinski definition) is 6. The third-order valence-corrected chi connectivity index (χ3v) is 5.08. The summed E-state index contributed by atoms with van der Waals surface area (Å²) in [6, 6.07) is 5.75. The number of aromatic amines is 1. The highest BCUT2D eigenvalue weighted by Crippen LogP contribution is 2.30. The minimum absolute atomic E-state index is 0.0846. The summed E-state index contributed by atoms with van der Waals surface area (Å²) in [4.78, 5) is 24.8. The molecule has 8 heteroatoms. The second-order valence-corrected chi connectivity index (χ2v) is 7.40. The Labute approximate surface area is 147 Å². The zero-order valence-corrected chi connectivity index (χ0v) is 15.1. The predicted molar refractivity (Wildman–Crippen MR) is 96.8 cm³/mol. The molecule has 3 heterocycles. The van der Waals surface area contributed by atoms with Crippen LogP contribution in [0, 0.1) is 13.8 Å². The van der Waals surface area contributed by atoms with E-state index < -0.39 is 0 Å². The molecule has 0 radical (unpaired) electrons. The Bertz CT molecular complexity index is 1130. The van der Waals surface area contributed by atoms with Gasteiger partial charge in [-0.1, -0.05) is 5.16 Å². The molecule has 0 saturated heterocycles. The number of hydrogen-bond donors (Lipinski definition) is 1. The molecule has 0 aliphatic heterocycles. The Morgan fingerprint density at radius 3 is 2.72 bits per heavy atom. The lowest BCUT2D eigenvalue weighted by atomic mass is 10.2. The smallest absolute Gasteiger partial charge is 0.326 e. The van der Waals surface area contributed by atoms with E-state index in [0.29, 0.717) is 11.7 Å². The maximum atomic E-state index is 12.1. The van der Waals surface area contributed by atoms with Crippen molar-refractivity contribution < 1.29 is 4.52 Å². The van der Waals surface area contributed by atoms with E-state index in [1.54, 1.807) is 4.57 Å². The molecule has 0 atom stereocenters. The van der Waals surface area contributed by atoms with Gasteiger partial charge in [0.1, 0.15) is 4.88 Å². The third kappa shape index (κ3) is 2.58. The van der Waals surface area contributed by atoms with Crippen LogP contribution in [0.1, 0.15) is 30.6 Å². The van der Waals surface area contributed by atoms with Crippen LogP contribution < -0.4 is 5.69 Å². The SMILES string of the molecule is Cc1nc(C)c(-c2nc(-c3ccc4c(c3)[nH]c(=O)n4C(C)C)no2)s1. The highest BCUT2D eigenvalue weighted by molar-refractivity contribution is 7.15. The van der Waals surface area contributed by atoms with Gasteiger partial charge in [0, 0.05) is 11.6 Å². The van der Waals surface area contributed by atoms with Crippen molar-refractivity contribution in [2.24, 2.45) is 0 Å². The van der Waals surface area contributed by atoms with E-state index in [9.17, 15) is 4.79 Å². The number of nitrogens with one attached hydrogen (secondary N) is 1. The fraction of sp³-hybridized carbons (Fsp3) is 0.294. The largest absolute Gasteiger partial charge is 0.333 e. The second-order valence-electron chi connectivity index (χ2n) is 6.20. The van der Waals surface area contributed by atoms with Gasteiger partial charge in [0.2, 0.25) is 5.82 Å². The fourth-order valence-electron chi connectivity index (χ4n) is 2.95. The molecule has 0 fully saturated rings. The highest BCUT2D eigenvalue weighted by Gasteiger charge is 2.17. The third-order valence-electron chi connectivity index (χ3n) is 4.01. The predicted octanol–water partition coefficient (Wildman–Crippen LogP) is 3.70. The Balaban J connectivity index is 1.78. The first-order chi connectivity index (χ1) is 11.9. The van der Waals surface area contributed by atoms with Crippen LogP contribution in [0.25, 0.3) is 33.2 Å². The normalized spacial score (nSPS) is 11.7. The van der Waals surface area contributed by atoms with Gasteiger partial charge in [0.05, 0.1) is 21.7 Å². The van der Waals surface area contributed by atoms with Gasteiger partial charge in [0.25, 0.3) is 5.89 Å². The molecule has 0 amide bonds. The Morgan fingerprint density at radius 2 is 2.04 bits per heavy atom. The molecule has 0 bridgehead atoms. The lowest BCUT2D eigenvalue weighted by Gasteiger charge is -2.06. The van der Waals surface area contributed by atoms with E-state index in [0.717, 1.165) is 32.2 Å². The lowest BCUT2D eigenvalue weighted by molar-refractivity contribution is 0.433. The molecule has 128 valence electrons. The molecular formula is C17H17N5O2S. The van der Waals surface area contributed by atoms with Crippen LogP contribution in [0.3, 0.4) is 0 Å². The topological polar surface area (TPSA) is 89.6 Å². The zero-order valence-electron chi connectivity index (χ0n) is 14.3. The summed E-state index contributed by atoms with van der Waals surface area (Å²) in [5.41, 5.74) is 3.17. The van der Waals surface area contributed by atoms with Crippen molar-refractivity contribution in [1.82, 2.24) is 24.7 Å². The van der Waals surface area contributed by atoms with Crippen molar-refractivity contribution in [2.75, 3.05) is 0 Å². The van der Waals surface area contributed by atoms with Gasteiger partial charge in [-0.25, -0.2) is 9.78 Å². The molecule has 0 spiro atoms. The van der Waals surface area contributed by atoms with Crippen LogP contribution in [0.4, 0.5) is 0 Å². The number of aryl methyl sites for hydroxylation is 2. The number of benzene rings is 1. The summed E-state index contributed by atoms with van der Waals surface area (Å²) < 4.78 is 7.14. The standard InChI is InChI=1S/C17H17N5O2S/c1-8(2)22-13-6-5-11(7-12(13)19-17(22)23)15-20-16(24-21-15)14-9(3)18-10(4)25-14/h5-8H,1-4H3,(H,19,23). The maximum Gasteiger partial charge on any atom is 0.326 e. The van der Waals surface area contributed by atoms with Gasteiger partial charge in [-0.2, -0.15) is 4.98 Å². The Morgan fingerprint density at radius 1 is 1.24 bits per heavy atom. The van der Waals surface area contributed by atoms with Gasteiger partial charge >= 0.3 is 5.69 Å². The van der Waals surface area contributed by atoms with Gasteiger partial charge in [-0.15, -0.1) is 11.3 Å². The van der Waals surface area contributed by atoms with Crippen molar-refractivity contribution in [3.63, 3.8) is 0 Å². The fourth-order valence-corrected chi connectivity index (χ4v) is 3.79. The number of H-pyrrole nitrogens is 1.